The number of para-hydroxylation sites is 1. The van der Waals surface area contributed by atoms with Gasteiger partial charge in [0.25, 0.3) is 11.8 Å². The van der Waals surface area contributed by atoms with Crippen LogP contribution in [0.3, 0.4) is 0 Å². The summed E-state index contributed by atoms with van der Waals surface area (Å²) in [6.07, 6.45) is 3.13. The number of fused-ring (bicyclic) bond motifs is 2. The second kappa shape index (κ2) is 12.1. The van der Waals surface area contributed by atoms with Gasteiger partial charge in [-0.2, -0.15) is 13.2 Å². The van der Waals surface area contributed by atoms with Gasteiger partial charge in [-0.1, -0.05) is 73.2 Å². The van der Waals surface area contributed by atoms with Gasteiger partial charge in [0.1, 0.15) is 5.69 Å². The van der Waals surface area contributed by atoms with E-state index in [0.717, 1.165) is 43.9 Å². The normalized spacial score (nSPS) is 22.0. The average Bonchev–Trinajstić information content (AvgIpc) is 3.34. The van der Waals surface area contributed by atoms with Gasteiger partial charge >= 0.3 is 6.18 Å². The van der Waals surface area contributed by atoms with Crippen LogP contribution in [0.4, 0.5) is 18.9 Å². The van der Waals surface area contributed by atoms with Crippen molar-refractivity contribution in [2.75, 3.05) is 31.1 Å². The number of nitrogens with one attached hydrogen (secondary N) is 1. The van der Waals surface area contributed by atoms with E-state index < -0.39 is 23.4 Å². The standard InChI is InChI=1S/C35H37F3N4O2/c1-34(35(36,37)38)22-26(14-16-29(34)25-10-4-2-5-11-25)33(44)42-24-28-15-17-31(41(28)23-27-12-6-7-13-30(27)42)32(43)39-18-21-40-19-8-3-9-20-40/h2,4-7,10-17,22,29H,3,8-9,18-21,23-24H2,1H3,(H,39,43). The molecule has 1 fully saturated rings. The molecule has 2 unspecified atom stereocenters. The maximum atomic E-state index is 14.7. The number of hydrogen-bond donors (Lipinski definition) is 1. The fraction of sp³-hybridized carbons (Fsp3) is 0.371. The first-order chi connectivity index (χ1) is 21.2. The lowest BCUT2D eigenvalue weighted by Crippen LogP contribution is -2.41. The van der Waals surface area contributed by atoms with Crippen LogP contribution in [0.2, 0.25) is 0 Å². The Morgan fingerprint density at radius 3 is 2.41 bits per heavy atom. The molecule has 230 valence electrons. The second-order valence-electron chi connectivity index (χ2n) is 12.1. The van der Waals surface area contributed by atoms with Gasteiger partial charge in [0.15, 0.2) is 0 Å². The van der Waals surface area contributed by atoms with Crippen molar-refractivity contribution in [1.82, 2.24) is 14.8 Å². The predicted octanol–water partition coefficient (Wildman–Crippen LogP) is 6.45. The number of rotatable bonds is 6. The van der Waals surface area contributed by atoms with Gasteiger partial charge in [-0.05, 0) is 62.2 Å². The summed E-state index contributed by atoms with van der Waals surface area (Å²) in [6.45, 7) is 5.09. The van der Waals surface area contributed by atoms with Crippen LogP contribution in [0.25, 0.3) is 0 Å². The number of amides is 2. The van der Waals surface area contributed by atoms with Crippen molar-refractivity contribution in [3.05, 3.63) is 113 Å². The molecule has 2 aliphatic heterocycles. The van der Waals surface area contributed by atoms with Crippen LogP contribution in [0.15, 0.2) is 90.5 Å². The van der Waals surface area contributed by atoms with Gasteiger partial charge in [0.2, 0.25) is 0 Å². The summed E-state index contributed by atoms with van der Waals surface area (Å²) in [5.41, 5.74) is 0.893. The van der Waals surface area contributed by atoms with E-state index in [0.29, 0.717) is 30.0 Å². The third kappa shape index (κ3) is 5.73. The van der Waals surface area contributed by atoms with E-state index in [1.165, 1.54) is 36.3 Å². The number of anilines is 1. The predicted molar refractivity (Wildman–Crippen MR) is 164 cm³/mol. The number of carbonyl (C=O) groups is 2. The zero-order valence-electron chi connectivity index (χ0n) is 24.8. The molecule has 3 aliphatic rings. The number of benzene rings is 2. The minimum absolute atomic E-state index is 0.0116. The molecule has 0 saturated carbocycles. The highest BCUT2D eigenvalue weighted by Gasteiger charge is 2.55. The maximum Gasteiger partial charge on any atom is 0.398 e. The number of alkyl halides is 3. The molecule has 1 aromatic heterocycles. The highest BCUT2D eigenvalue weighted by Crippen LogP contribution is 2.52. The lowest BCUT2D eigenvalue weighted by Gasteiger charge is -2.38. The molecule has 6 rings (SSSR count). The van der Waals surface area contributed by atoms with Crippen LogP contribution in [-0.2, 0) is 17.9 Å². The molecule has 44 heavy (non-hydrogen) atoms. The summed E-state index contributed by atoms with van der Waals surface area (Å²) >= 11 is 0. The van der Waals surface area contributed by atoms with E-state index >= 15 is 0 Å². The Morgan fingerprint density at radius 2 is 1.66 bits per heavy atom. The van der Waals surface area contributed by atoms with E-state index in [4.69, 9.17) is 0 Å². The average molecular weight is 603 g/mol. The Bertz CT molecular complexity index is 1590. The number of halogens is 3. The number of piperidine rings is 1. The van der Waals surface area contributed by atoms with Gasteiger partial charge in [-0.15, -0.1) is 0 Å². The Balaban J connectivity index is 1.27. The Kier molecular flexibility index (Phi) is 8.24. The summed E-state index contributed by atoms with van der Waals surface area (Å²) < 4.78 is 45.9. The molecule has 2 atom stereocenters. The van der Waals surface area contributed by atoms with Crippen LogP contribution in [0.5, 0.6) is 0 Å². The lowest BCUT2D eigenvalue weighted by molar-refractivity contribution is -0.204. The first-order valence-corrected chi connectivity index (χ1v) is 15.3. The fourth-order valence-electron chi connectivity index (χ4n) is 6.67. The van der Waals surface area contributed by atoms with Crippen molar-refractivity contribution in [2.24, 2.45) is 5.41 Å². The zero-order chi connectivity index (χ0) is 30.9. The number of carbonyl (C=O) groups excluding carboxylic acids is 2. The molecule has 1 aliphatic carbocycles. The SMILES string of the molecule is CC1(C(F)(F)F)C=C(C(=O)N2Cc3ccc(C(=O)NCCN4CCCCC4)n3Cc3ccccc32)C=CC1c1ccccc1. The lowest BCUT2D eigenvalue weighted by atomic mass is 9.69. The summed E-state index contributed by atoms with van der Waals surface area (Å²) in [6, 6.07) is 19.5. The molecule has 2 aromatic carbocycles. The third-order valence-electron chi connectivity index (χ3n) is 9.23. The number of nitrogens with zero attached hydrogens (tertiary/aromatic N) is 3. The number of aromatic nitrogens is 1. The molecule has 0 bridgehead atoms. The first kappa shape index (κ1) is 29.9. The molecule has 9 heteroatoms. The molecule has 6 nitrogen and oxygen atoms in total. The number of hydrogen-bond acceptors (Lipinski definition) is 3. The Morgan fingerprint density at radius 1 is 0.932 bits per heavy atom. The van der Waals surface area contributed by atoms with E-state index in [-0.39, 0.29) is 18.0 Å². The van der Waals surface area contributed by atoms with Crippen LogP contribution in [0, 0.1) is 5.41 Å². The van der Waals surface area contributed by atoms with Crippen LogP contribution in [0.1, 0.15) is 59.4 Å². The van der Waals surface area contributed by atoms with Gasteiger partial charge < -0.3 is 19.7 Å². The molecule has 3 aromatic rings. The highest BCUT2D eigenvalue weighted by molar-refractivity contribution is 6.08. The minimum Gasteiger partial charge on any atom is -0.349 e. The van der Waals surface area contributed by atoms with E-state index in [2.05, 4.69) is 10.2 Å². The fourth-order valence-corrected chi connectivity index (χ4v) is 6.67. The van der Waals surface area contributed by atoms with Gasteiger partial charge in [0, 0.05) is 36.0 Å². The molecule has 2 amide bonds. The van der Waals surface area contributed by atoms with Crippen molar-refractivity contribution in [3.8, 4) is 0 Å². The first-order valence-electron chi connectivity index (χ1n) is 15.3. The Labute approximate surface area is 255 Å². The van der Waals surface area contributed by atoms with Crippen molar-refractivity contribution in [3.63, 3.8) is 0 Å². The van der Waals surface area contributed by atoms with Crippen molar-refractivity contribution < 1.29 is 22.8 Å². The van der Waals surface area contributed by atoms with E-state index in [1.807, 2.05) is 28.8 Å². The van der Waals surface area contributed by atoms with Gasteiger partial charge in [-0.3, -0.25) is 9.59 Å². The van der Waals surface area contributed by atoms with Crippen molar-refractivity contribution in [1.29, 1.82) is 0 Å². The van der Waals surface area contributed by atoms with E-state index in [9.17, 15) is 22.8 Å². The molecule has 3 heterocycles. The van der Waals surface area contributed by atoms with Gasteiger partial charge in [0.05, 0.1) is 18.5 Å². The monoisotopic (exact) mass is 602 g/mol. The van der Waals surface area contributed by atoms with E-state index in [1.54, 1.807) is 42.5 Å². The molecule has 0 spiro atoms. The maximum absolute atomic E-state index is 14.7. The van der Waals surface area contributed by atoms with Crippen LogP contribution in [-0.4, -0.2) is 53.6 Å². The molecular weight excluding hydrogens is 565 g/mol. The molecule has 0 radical (unpaired) electrons. The van der Waals surface area contributed by atoms with Crippen molar-refractivity contribution >= 4 is 17.5 Å². The zero-order valence-corrected chi connectivity index (χ0v) is 24.8. The summed E-state index contributed by atoms with van der Waals surface area (Å²) in [7, 11) is 0. The smallest absolute Gasteiger partial charge is 0.349 e. The molecule has 1 N–H and O–H groups in total. The summed E-state index contributed by atoms with van der Waals surface area (Å²) in [4.78, 5) is 31.3. The molecule has 1 saturated heterocycles. The third-order valence-corrected chi connectivity index (χ3v) is 9.23. The summed E-state index contributed by atoms with van der Waals surface area (Å²) in [5, 5.41) is 3.05. The van der Waals surface area contributed by atoms with Crippen molar-refractivity contribution in [2.45, 2.75) is 51.4 Å². The second-order valence-corrected chi connectivity index (χ2v) is 12.1. The summed E-state index contributed by atoms with van der Waals surface area (Å²) in [5.74, 6) is -1.67. The highest BCUT2D eigenvalue weighted by atomic mass is 19.4. The quantitative estimate of drug-likeness (QED) is 0.353. The topological polar surface area (TPSA) is 57.6 Å². The number of allylic oxidation sites excluding steroid dienone is 2. The molecular formula is C35H37F3N4O2. The van der Waals surface area contributed by atoms with Crippen LogP contribution < -0.4 is 10.2 Å². The Hall–Kier alpha value is -4.11. The van der Waals surface area contributed by atoms with Gasteiger partial charge in [-0.25, -0.2) is 0 Å². The minimum atomic E-state index is -4.59. The number of likely N-dealkylation sites (tertiary alicyclic amines) is 1. The van der Waals surface area contributed by atoms with Crippen LogP contribution >= 0.6 is 0 Å². The largest absolute Gasteiger partial charge is 0.398 e.